The predicted molar refractivity (Wildman–Crippen MR) is 55.1 cm³/mol. The maximum absolute atomic E-state index is 10.9. The molecule has 0 aromatic rings. The van der Waals surface area contributed by atoms with E-state index >= 15 is 0 Å². The van der Waals surface area contributed by atoms with Gasteiger partial charge in [0.2, 0.25) is 10.0 Å². The van der Waals surface area contributed by atoms with Crippen molar-refractivity contribution in [2.45, 2.75) is 44.5 Å². The van der Waals surface area contributed by atoms with Crippen LogP contribution in [0.5, 0.6) is 0 Å². The minimum atomic E-state index is -3.53. The molecule has 14 heavy (non-hydrogen) atoms. The number of primary sulfonamides is 1. The minimum Gasteiger partial charge on any atom is -0.361 e. The summed E-state index contributed by atoms with van der Waals surface area (Å²) in [6.07, 6.45) is 6.06. The van der Waals surface area contributed by atoms with E-state index in [9.17, 15) is 8.42 Å². The van der Waals surface area contributed by atoms with E-state index in [0.29, 0.717) is 12.5 Å². The third-order valence-electron chi connectivity index (χ3n) is 2.75. The van der Waals surface area contributed by atoms with Crippen molar-refractivity contribution in [3.8, 4) is 0 Å². The van der Waals surface area contributed by atoms with Crippen LogP contribution in [0.1, 0.15) is 39.0 Å². The summed E-state index contributed by atoms with van der Waals surface area (Å²) in [5, 5.41) is 4.94. The van der Waals surface area contributed by atoms with Gasteiger partial charge < -0.3 is 4.74 Å². The predicted octanol–water partition coefficient (Wildman–Crippen LogP) is 1.22. The lowest BCUT2D eigenvalue weighted by Gasteiger charge is -2.22. The molecule has 0 aromatic heterocycles. The van der Waals surface area contributed by atoms with Crippen molar-refractivity contribution in [1.82, 2.24) is 0 Å². The third kappa shape index (κ3) is 3.94. The van der Waals surface area contributed by atoms with E-state index in [-0.39, 0.29) is 0 Å². The second-order valence-electron chi connectivity index (χ2n) is 3.99. The van der Waals surface area contributed by atoms with Gasteiger partial charge in [-0.15, -0.1) is 0 Å². The molecule has 0 bridgehead atoms. The van der Waals surface area contributed by atoms with Crippen LogP contribution in [0.3, 0.4) is 0 Å². The minimum absolute atomic E-state index is 0.521. The molecule has 0 heterocycles. The molecule has 1 aliphatic carbocycles. The van der Waals surface area contributed by atoms with Gasteiger partial charge >= 0.3 is 0 Å². The van der Waals surface area contributed by atoms with Gasteiger partial charge in [0, 0.05) is 0 Å². The Morgan fingerprint density at radius 2 is 1.93 bits per heavy atom. The lowest BCUT2D eigenvalue weighted by molar-refractivity contribution is 0.0716. The molecule has 1 aliphatic rings. The van der Waals surface area contributed by atoms with Crippen LogP contribution < -0.4 is 5.14 Å². The summed E-state index contributed by atoms with van der Waals surface area (Å²) in [6, 6.07) is 0. The average molecular weight is 221 g/mol. The molecule has 0 spiro atoms. The molecule has 2 N–H and O–H groups in total. The van der Waals surface area contributed by atoms with Crippen molar-refractivity contribution >= 4 is 10.0 Å². The fourth-order valence-corrected chi connectivity index (χ4v) is 1.99. The van der Waals surface area contributed by atoms with Crippen molar-refractivity contribution in [2.24, 2.45) is 11.1 Å². The normalized spacial score (nSPS) is 22.1. The third-order valence-corrected chi connectivity index (χ3v) is 3.82. The number of rotatable bonds is 4. The molecular formula is C9H19NO3S. The van der Waals surface area contributed by atoms with E-state index < -0.39 is 15.5 Å². The Kier molecular flexibility index (Phi) is 4.34. The Hall–Kier alpha value is -0.130. The van der Waals surface area contributed by atoms with Crippen LogP contribution in [-0.2, 0) is 14.8 Å². The zero-order valence-electron chi connectivity index (χ0n) is 8.61. The molecule has 0 radical (unpaired) electrons. The van der Waals surface area contributed by atoms with Gasteiger partial charge in [-0.2, -0.15) is 0 Å². The van der Waals surface area contributed by atoms with Gasteiger partial charge in [-0.1, -0.05) is 19.3 Å². The number of ether oxygens (including phenoxy) is 1. The molecule has 0 aliphatic heterocycles. The zero-order chi connectivity index (χ0) is 10.6. The molecule has 5 heteroatoms. The summed E-state index contributed by atoms with van der Waals surface area (Å²) in [5.74, 6) is 0.521. The summed E-state index contributed by atoms with van der Waals surface area (Å²) in [5.41, 5.74) is -0.871. The number of hydrogen-bond acceptors (Lipinski definition) is 3. The first kappa shape index (κ1) is 11.9. The first-order chi connectivity index (χ1) is 6.50. The average Bonchev–Trinajstić information content (AvgIpc) is 2.14. The van der Waals surface area contributed by atoms with Crippen molar-refractivity contribution < 1.29 is 13.2 Å². The van der Waals surface area contributed by atoms with Gasteiger partial charge in [-0.3, -0.25) is 0 Å². The van der Waals surface area contributed by atoms with Gasteiger partial charge in [-0.25, -0.2) is 13.6 Å². The van der Waals surface area contributed by atoms with Gasteiger partial charge in [0.1, 0.15) is 0 Å². The largest absolute Gasteiger partial charge is 0.361 e. The molecule has 1 atom stereocenters. The fraction of sp³-hybridized carbons (Fsp3) is 1.00. The monoisotopic (exact) mass is 221 g/mol. The SMILES string of the molecule is CC(OCC1CCCCC1)S(N)(=O)=O. The van der Waals surface area contributed by atoms with E-state index in [1.165, 1.54) is 26.2 Å². The Labute approximate surface area is 85.9 Å². The van der Waals surface area contributed by atoms with E-state index in [0.717, 1.165) is 12.8 Å². The second kappa shape index (κ2) is 5.09. The maximum atomic E-state index is 10.9. The maximum Gasteiger partial charge on any atom is 0.235 e. The van der Waals surface area contributed by atoms with Crippen molar-refractivity contribution in [2.75, 3.05) is 6.61 Å². The number of hydrogen-bond donors (Lipinski definition) is 1. The molecule has 0 saturated heterocycles. The summed E-state index contributed by atoms with van der Waals surface area (Å²) >= 11 is 0. The van der Waals surface area contributed by atoms with Gasteiger partial charge in [0.15, 0.2) is 5.44 Å². The summed E-state index contributed by atoms with van der Waals surface area (Å²) < 4.78 is 26.9. The zero-order valence-corrected chi connectivity index (χ0v) is 9.42. The van der Waals surface area contributed by atoms with Crippen LogP contribution in [0.15, 0.2) is 0 Å². The Bertz CT molecular complexity index is 257. The Balaban J connectivity index is 2.25. The first-order valence-electron chi connectivity index (χ1n) is 5.13. The van der Waals surface area contributed by atoms with Gasteiger partial charge in [-0.05, 0) is 25.7 Å². The topological polar surface area (TPSA) is 69.4 Å². The lowest BCUT2D eigenvalue weighted by atomic mass is 9.90. The molecule has 1 rings (SSSR count). The highest BCUT2D eigenvalue weighted by Gasteiger charge is 2.19. The Morgan fingerprint density at radius 1 is 1.36 bits per heavy atom. The number of sulfonamides is 1. The van der Waals surface area contributed by atoms with Gasteiger partial charge in [0.25, 0.3) is 0 Å². The quantitative estimate of drug-likeness (QED) is 0.776. The molecule has 84 valence electrons. The van der Waals surface area contributed by atoms with Crippen LogP contribution in [0.25, 0.3) is 0 Å². The highest BCUT2D eigenvalue weighted by Crippen LogP contribution is 2.24. The summed E-state index contributed by atoms with van der Waals surface area (Å²) in [6.45, 7) is 2.01. The molecule has 1 fully saturated rings. The van der Waals surface area contributed by atoms with Crippen LogP contribution in [-0.4, -0.2) is 20.5 Å². The second-order valence-corrected chi connectivity index (χ2v) is 5.84. The van der Waals surface area contributed by atoms with E-state index in [1.807, 2.05) is 0 Å². The number of nitrogens with two attached hydrogens (primary N) is 1. The van der Waals surface area contributed by atoms with Gasteiger partial charge in [0.05, 0.1) is 6.61 Å². The molecular weight excluding hydrogens is 202 g/mol. The smallest absolute Gasteiger partial charge is 0.235 e. The molecule has 0 amide bonds. The van der Waals surface area contributed by atoms with E-state index in [1.54, 1.807) is 0 Å². The van der Waals surface area contributed by atoms with Crippen LogP contribution in [0.2, 0.25) is 0 Å². The van der Waals surface area contributed by atoms with Crippen molar-refractivity contribution in [1.29, 1.82) is 0 Å². The van der Waals surface area contributed by atoms with E-state index in [2.05, 4.69) is 0 Å². The molecule has 4 nitrogen and oxygen atoms in total. The standard InChI is InChI=1S/C9H19NO3S/c1-8(14(10,11)12)13-7-9-5-3-2-4-6-9/h8-9H,2-7H2,1H3,(H2,10,11,12). The van der Waals surface area contributed by atoms with E-state index in [4.69, 9.17) is 9.88 Å². The lowest BCUT2D eigenvalue weighted by Crippen LogP contribution is -2.30. The first-order valence-corrected chi connectivity index (χ1v) is 6.74. The van der Waals surface area contributed by atoms with Crippen LogP contribution >= 0.6 is 0 Å². The Morgan fingerprint density at radius 3 is 2.43 bits per heavy atom. The highest BCUT2D eigenvalue weighted by atomic mass is 32.2. The van der Waals surface area contributed by atoms with Crippen LogP contribution in [0, 0.1) is 5.92 Å². The molecule has 0 aromatic carbocycles. The van der Waals surface area contributed by atoms with Crippen molar-refractivity contribution in [3.63, 3.8) is 0 Å². The summed E-state index contributed by atoms with van der Waals surface area (Å²) in [7, 11) is -3.53. The van der Waals surface area contributed by atoms with Crippen molar-refractivity contribution in [3.05, 3.63) is 0 Å². The summed E-state index contributed by atoms with van der Waals surface area (Å²) in [4.78, 5) is 0. The van der Waals surface area contributed by atoms with Crippen LogP contribution in [0.4, 0.5) is 0 Å². The molecule has 1 unspecified atom stereocenters. The molecule has 1 saturated carbocycles. The fourth-order valence-electron chi connectivity index (χ4n) is 1.72. The highest BCUT2D eigenvalue weighted by molar-refractivity contribution is 7.89.